The van der Waals surface area contributed by atoms with E-state index in [-0.39, 0.29) is 24.5 Å². The lowest BCUT2D eigenvalue weighted by atomic mass is 9.74. The van der Waals surface area contributed by atoms with E-state index in [9.17, 15) is 14.7 Å². The van der Waals surface area contributed by atoms with E-state index in [2.05, 4.69) is 6.92 Å². The van der Waals surface area contributed by atoms with Crippen molar-refractivity contribution in [1.82, 2.24) is 4.90 Å². The molecule has 0 bridgehead atoms. The predicted molar refractivity (Wildman–Crippen MR) is 82.9 cm³/mol. The Morgan fingerprint density at radius 3 is 2.83 bits per heavy atom. The molecule has 0 radical (unpaired) electrons. The third-order valence-corrected chi connectivity index (χ3v) is 5.94. The molecule has 1 amide bonds. The Hall–Kier alpha value is -1.14. The molecular formula is C17H27NO5. The molecule has 0 aromatic heterocycles. The highest BCUT2D eigenvalue weighted by atomic mass is 16.5. The lowest BCUT2D eigenvalue weighted by Crippen LogP contribution is -2.45. The molecule has 23 heavy (non-hydrogen) atoms. The number of hydrogen-bond donors (Lipinski definition) is 1. The minimum absolute atomic E-state index is 0.0677. The summed E-state index contributed by atoms with van der Waals surface area (Å²) in [6, 6.07) is 0. The number of nitrogens with zero attached hydrogens (tertiary/aromatic N) is 1. The first-order valence-corrected chi connectivity index (χ1v) is 8.73. The van der Waals surface area contributed by atoms with E-state index < -0.39 is 11.4 Å². The fraction of sp³-hybridized carbons (Fsp3) is 0.882. The van der Waals surface area contributed by atoms with E-state index in [1.165, 1.54) is 6.42 Å². The minimum atomic E-state index is -0.827. The maximum absolute atomic E-state index is 12.5. The number of carbonyl (C=O) groups is 2. The largest absolute Gasteiger partial charge is 0.481 e. The fourth-order valence-corrected chi connectivity index (χ4v) is 4.29. The van der Waals surface area contributed by atoms with Crippen molar-refractivity contribution in [2.24, 2.45) is 17.3 Å². The first-order chi connectivity index (χ1) is 11.0. The molecule has 1 aliphatic carbocycles. The molecule has 130 valence electrons. The number of carboxylic acids is 1. The minimum Gasteiger partial charge on any atom is -0.481 e. The van der Waals surface area contributed by atoms with Crippen LogP contribution >= 0.6 is 0 Å². The Bertz CT molecular complexity index is 468. The van der Waals surface area contributed by atoms with Crippen molar-refractivity contribution in [3.63, 3.8) is 0 Å². The van der Waals surface area contributed by atoms with Gasteiger partial charge in [0.05, 0.1) is 18.1 Å². The fourth-order valence-electron chi connectivity index (χ4n) is 4.29. The van der Waals surface area contributed by atoms with Crippen LogP contribution in [0.3, 0.4) is 0 Å². The van der Waals surface area contributed by atoms with E-state index in [0.29, 0.717) is 38.6 Å². The summed E-state index contributed by atoms with van der Waals surface area (Å²) in [4.78, 5) is 25.9. The predicted octanol–water partition coefficient (Wildman–Crippen LogP) is 1.53. The Kier molecular flexibility index (Phi) is 4.92. The number of ether oxygens (including phenoxy) is 2. The van der Waals surface area contributed by atoms with Crippen LogP contribution in [0, 0.1) is 17.3 Å². The van der Waals surface area contributed by atoms with E-state index in [0.717, 1.165) is 19.3 Å². The topological polar surface area (TPSA) is 76.1 Å². The summed E-state index contributed by atoms with van der Waals surface area (Å²) in [5, 5.41) is 9.64. The molecule has 0 aromatic rings. The molecule has 2 unspecified atom stereocenters. The van der Waals surface area contributed by atoms with Gasteiger partial charge in [-0.25, -0.2) is 0 Å². The van der Waals surface area contributed by atoms with Gasteiger partial charge in [0.15, 0.2) is 0 Å². The number of fused-ring (bicyclic) bond motifs is 1. The van der Waals surface area contributed by atoms with Crippen LogP contribution in [0.15, 0.2) is 0 Å². The average molecular weight is 325 g/mol. The first kappa shape index (κ1) is 16.7. The molecule has 1 N–H and O–H groups in total. The lowest BCUT2D eigenvalue weighted by molar-refractivity contribution is -0.157. The molecule has 0 aromatic carbocycles. The number of aliphatic carboxylic acids is 1. The third-order valence-electron chi connectivity index (χ3n) is 5.94. The second-order valence-electron chi connectivity index (χ2n) is 7.37. The van der Waals surface area contributed by atoms with Crippen LogP contribution in [0.2, 0.25) is 0 Å². The van der Waals surface area contributed by atoms with Crippen LogP contribution in [-0.4, -0.2) is 60.9 Å². The van der Waals surface area contributed by atoms with Gasteiger partial charge in [-0.2, -0.15) is 0 Å². The van der Waals surface area contributed by atoms with Crippen LogP contribution in [0.1, 0.15) is 39.0 Å². The Balaban J connectivity index is 1.57. The molecule has 2 aliphatic heterocycles. The monoisotopic (exact) mass is 325 g/mol. The summed E-state index contributed by atoms with van der Waals surface area (Å²) < 4.78 is 11.3. The van der Waals surface area contributed by atoms with Gasteiger partial charge in [0.25, 0.3) is 0 Å². The van der Waals surface area contributed by atoms with Gasteiger partial charge >= 0.3 is 5.97 Å². The molecular weight excluding hydrogens is 298 g/mol. The molecule has 1 saturated carbocycles. The van der Waals surface area contributed by atoms with Gasteiger partial charge in [-0.15, -0.1) is 0 Å². The third kappa shape index (κ3) is 3.24. The van der Waals surface area contributed by atoms with Gasteiger partial charge in [-0.05, 0) is 25.2 Å². The molecule has 6 nitrogen and oxygen atoms in total. The highest BCUT2D eigenvalue weighted by molar-refractivity contribution is 5.82. The summed E-state index contributed by atoms with van der Waals surface area (Å²) in [5.41, 5.74) is -0.827. The zero-order valence-electron chi connectivity index (χ0n) is 13.8. The number of rotatable bonds is 4. The zero-order valence-corrected chi connectivity index (χ0v) is 13.8. The SMILES string of the molecule is CC1CCCCC1OCC(=O)N1C[C@H]2COCC[C@@]2(C(=O)O)C1. The van der Waals surface area contributed by atoms with Gasteiger partial charge in [0, 0.05) is 25.6 Å². The van der Waals surface area contributed by atoms with Crippen molar-refractivity contribution in [3.05, 3.63) is 0 Å². The van der Waals surface area contributed by atoms with Crippen LogP contribution in [-0.2, 0) is 19.1 Å². The number of likely N-dealkylation sites (tertiary alicyclic amines) is 1. The summed E-state index contributed by atoms with van der Waals surface area (Å²) in [6.07, 6.45) is 5.22. The van der Waals surface area contributed by atoms with E-state index in [4.69, 9.17) is 9.47 Å². The normalized spacial score (nSPS) is 37.4. The number of carboxylic acid groups (broad SMARTS) is 1. The van der Waals surface area contributed by atoms with Crippen molar-refractivity contribution in [2.75, 3.05) is 32.9 Å². The second kappa shape index (κ2) is 6.77. The maximum atomic E-state index is 12.5. The van der Waals surface area contributed by atoms with Crippen molar-refractivity contribution < 1.29 is 24.2 Å². The maximum Gasteiger partial charge on any atom is 0.311 e. The van der Waals surface area contributed by atoms with Crippen molar-refractivity contribution in [1.29, 1.82) is 0 Å². The van der Waals surface area contributed by atoms with Crippen LogP contribution in [0.5, 0.6) is 0 Å². The molecule has 3 fully saturated rings. The van der Waals surface area contributed by atoms with Gasteiger partial charge < -0.3 is 19.5 Å². The van der Waals surface area contributed by atoms with Crippen molar-refractivity contribution in [2.45, 2.75) is 45.1 Å². The standard InChI is InChI=1S/C17H27NO5/c1-12-4-2-3-5-14(12)23-10-15(19)18-8-13-9-22-7-6-17(13,11-18)16(20)21/h12-14H,2-11H2,1H3,(H,20,21)/t12?,13-,14?,17+/m0/s1. The number of hydrogen-bond acceptors (Lipinski definition) is 4. The molecule has 4 atom stereocenters. The summed E-state index contributed by atoms with van der Waals surface area (Å²) in [7, 11) is 0. The molecule has 3 aliphatic rings. The Labute approximate surface area is 137 Å². The average Bonchev–Trinajstić information content (AvgIpc) is 2.95. The van der Waals surface area contributed by atoms with Crippen LogP contribution < -0.4 is 0 Å². The molecule has 2 saturated heterocycles. The van der Waals surface area contributed by atoms with E-state index >= 15 is 0 Å². The van der Waals surface area contributed by atoms with Crippen molar-refractivity contribution in [3.8, 4) is 0 Å². The zero-order chi connectivity index (χ0) is 16.4. The summed E-state index contributed by atoms with van der Waals surface area (Å²) in [6.45, 7) is 3.89. The highest BCUT2D eigenvalue weighted by Gasteiger charge is 2.54. The lowest BCUT2D eigenvalue weighted by Gasteiger charge is -2.33. The van der Waals surface area contributed by atoms with E-state index in [1.807, 2.05) is 0 Å². The molecule has 2 heterocycles. The van der Waals surface area contributed by atoms with Crippen molar-refractivity contribution >= 4 is 11.9 Å². The quantitative estimate of drug-likeness (QED) is 0.848. The van der Waals surface area contributed by atoms with Crippen LogP contribution in [0.4, 0.5) is 0 Å². The Morgan fingerprint density at radius 1 is 1.35 bits per heavy atom. The molecule has 3 rings (SSSR count). The smallest absolute Gasteiger partial charge is 0.311 e. The first-order valence-electron chi connectivity index (χ1n) is 8.73. The number of amides is 1. The van der Waals surface area contributed by atoms with Gasteiger partial charge in [0.2, 0.25) is 5.91 Å². The Morgan fingerprint density at radius 2 is 2.13 bits per heavy atom. The van der Waals surface area contributed by atoms with Gasteiger partial charge in [-0.1, -0.05) is 19.8 Å². The number of carbonyl (C=O) groups excluding carboxylic acids is 1. The highest BCUT2D eigenvalue weighted by Crippen LogP contribution is 2.42. The summed E-state index contributed by atoms with van der Waals surface area (Å²) in [5.74, 6) is -0.497. The van der Waals surface area contributed by atoms with E-state index in [1.54, 1.807) is 4.90 Å². The van der Waals surface area contributed by atoms with Gasteiger partial charge in [-0.3, -0.25) is 9.59 Å². The molecule has 0 spiro atoms. The van der Waals surface area contributed by atoms with Gasteiger partial charge in [0.1, 0.15) is 6.61 Å². The second-order valence-corrected chi connectivity index (χ2v) is 7.37. The molecule has 6 heteroatoms. The van der Waals surface area contributed by atoms with Crippen LogP contribution in [0.25, 0.3) is 0 Å². The summed E-state index contributed by atoms with van der Waals surface area (Å²) >= 11 is 0.